The van der Waals surface area contributed by atoms with Crippen LogP contribution in [0.25, 0.3) is 5.69 Å². The molecule has 0 amide bonds. The van der Waals surface area contributed by atoms with E-state index in [1.54, 1.807) is 14.2 Å². The van der Waals surface area contributed by atoms with Crippen LogP contribution in [-0.4, -0.2) is 60.1 Å². The SMILES string of the molecule is COCCN1CCCC(c2nc(C)nn2-c2ccccc2OC)C1. The highest BCUT2D eigenvalue weighted by Crippen LogP contribution is 2.30. The molecule has 0 spiro atoms. The summed E-state index contributed by atoms with van der Waals surface area (Å²) in [5, 5.41) is 4.63. The minimum atomic E-state index is 0.377. The number of likely N-dealkylation sites (tertiary alicyclic amines) is 1. The molecule has 0 bridgehead atoms. The standard InChI is InChI=1S/C18H26N4O2/c1-14-19-18(15-7-6-10-21(13-15)11-12-23-2)22(20-14)16-8-4-5-9-17(16)24-3/h4-5,8-9,15H,6-7,10-13H2,1-3H3. The van der Waals surface area contributed by atoms with Crippen LogP contribution in [0.5, 0.6) is 5.75 Å². The number of aryl methyl sites for hydroxylation is 1. The van der Waals surface area contributed by atoms with Gasteiger partial charge in [-0.25, -0.2) is 9.67 Å². The van der Waals surface area contributed by atoms with Crippen molar-refractivity contribution < 1.29 is 9.47 Å². The molecule has 24 heavy (non-hydrogen) atoms. The van der Waals surface area contributed by atoms with Crippen molar-refractivity contribution >= 4 is 0 Å². The number of aromatic nitrogens is 3. The minimum absolute atomic E-state index is 0.377. The van der Waals surface area contributed by atoms with Gasteiger partial charge in [-0.3, -0.25) is 0 Å². The van der Waals surface area contributed by atoms with E-state index in [9.17, 15) is 0 Å². The lowest BCUT2D eigenvalue weighted by Gasteiger charge is -2.32. The normalized spacial score (nSPS) is 18.7. The van der Waals surface area contributed by atoms with Crippen LogP contribution in [0.4, 0.5) is 0 Å². The van der Waals surface area contributed by atoms with Crippen molar-refractivity contribution in [3.8, 4) is 11.4 Å². The molecule has 1 aliphatic rings. The Balaban J connectivity index is 1.89. The molecule has 130 valence electrons. The molecule has 1 atom stereocenters. The van der Waals surface area contributed by atoms with Gasteiger partial charge in [0.2, 0.25) is 0 Å². The average Bonchev–Trinajstić information content (AvgIpc) is 3.02. The number of piperidine rings is 1. The Morgan fingerprint density at radius 3 is 2.88 bits per heavy atom. The van der Waals surface area contributed by atoms with Crippen molar-refractivity contribution in [3.63, 3.8) is 0 Å². The van der Waals surface area contributed by atoms with E-state index in [0.29, 0.717) is 5.92 Å². The number of hydrogen-bond donors (Lipinski definition) is 0. The monoisotopic (exact) mass is 330 g/mol. The maximum absolute atomic E-state index is 5.51. The zero-order valence-electron chi connectivity index (χ0n) is 14.7. The van der Waals surface area contributed by atoms with Crippen molar-refractivity contribution in [1.82, 2.24) is 19.7 Å². The third kappa shape index (κ3) is 3.60. The summed E-state index contributed by atoms with van der Waals surface area (Å²) in [4.78, 5) is 7.19. The molecule has 1 unspecified atom stereocenters. The first-order chi connectivity index (χ1) is 11.7. The highest BCUT2D eigenvalue weighted by atomic mass is 16.5. The number of ether oxygens (including phenoxy) is 2. The maximum atomic E-state index is 5.51. The third-order valence-electron chi connectivity index (χ3n) is 4.53. The summed E-state index contributed by atoms with van der Waals surface area (Å²) in [6.45, 7) is 5.80. The molecule has 0 radical (unpaired) electrons. The van der Waals surface area contributed by atoms with E-state index in [2.05, 4.69) is 10.00 Å². The Morgan fingerprint density at radius 2 is 2.08 bits per heavy atom. The highest BCUT2D eigenvalue weighted by molar-refractivity contribution is 5.46. The molecule has 1 aromatic heterocycles. The third-order valence-corrected chi connectivity index (χ3v) is 4.53. The van der Waals surface area contributed by atoms with Gasteiger partial charge in [-0.05, 0) is 38.4 Å². The van der Waals surface area contributed by atoms with Gasteiger partial charge < -0.3 is 14.4 Å². The van der Waals surface area contributed by atoms with Gasteiger partial charge in [0.1, 0.15) is 23.1 Å². The molecule has 2 heterocycles. The first-order valence-corrected chi connectivity index (χ1v) is 8.51. The fourth-order valence-corrected chi connectivity index (χ4v) is 3.37. The summed E-state index contributed by atoms with van der Waals surface area (Å²) in [5.74, 6) is 3.02. The molecule has 1 saturated heterocycles. The van der Waals surface area contributed by atoms with Gasteiger partial charge in [0.05, 0.1) is 13.7 Å². The van der Waals surface area contributed by atoms with Crippen LogP contribution in [0, 0.1) is 6.92 Å². The largest absolute Gasteiger partial charge is 0.494 e. The Labute approximate surface area is 143 Å². The number of methoxy groups -OCH3 is 2. The molecular weight excluding hydrogens is 304 g/mol. The Bertz CT molecular complexity index is 671. The summed E-state index contributed by atoms with van der Waals surface area (Å²) >= 11 is 0. The van der Waals surface area contributed by atoms with E-state index in [4.69, 9.17) is 14.5 Å². The molecule has 6 nitrogen and oxygen atoms in total. The van der Waals surface area contributed by atoms with Crippen molar-refractivity contribution in [2.45, 2.75) is 25.7 Å². The van der Waals surface area contributed by atoms with E-state index < -0.39 is 0 Å². The fourth-order valence-electron chi connectivity index (χ4n) is 3.37. The second-order valence-electron chi connectivity index (χ2n) is 6.23. The first kappa shape index (κ1) is 16.9. The summed E-state index contributed by atoms with van der Waals surface area (Å²) in [5.41, 5.74) is 0.949. The molecule has 3 rings (SSSR count). The molecule has 6 heteroatoms. The Kier molecular flexibility index (Phi) is 5.48. The topological polar surface area (TPSA) is 52.4 Å². The van der Waals surface area contributed by atoms with E-state index in [0.717, 1.165) is 55.7 Å². The van der Waals surface area contributed by atoms with E-state index in [1.807, 2.05) is 35.9 Å². The number of rotatable bonds is 6. The summed E-state index contributed by atoms with van der Waals surface area (Å²) < 4.78 is 12.7. The van der Waals surface area contributed by atoms with Gasteiger partial charge >= 0.3 is 0 Å². The van der Waals surface area contributed by atoms with Crippen LogP contribution in [-0.2, 0) is 4.74 Å². The number of para-hydroxylation sites is 2. The zero-order chi connectivity index (χ0) is 16.9. The summed E-state index contributed by atoms with van der Waals surface area (Å²) in [6.07, 6.45) is 2.31. The molecule has 1 aliphatic heterocycles. The van der Waals surface area contributed by atoms with Crippen molar-refractivity contribution in [1.29, 1.82) is 0 Å². The average molecular weight is 330 g/mol. The van der Waals surface area contributed by atoms with E-state index in [1.165, 1.54) is 6.42 Å². The van der Waals surface area contributed by atoms with Gasteiger partial charge in [0.25, 0.3) is 0 Å². The van der Waals surface area contributed by atoms with Gasteiger partial charge in [0, 0.05) is 26.1 Å². The second-order valence-corrected chi connectivity index (χ2v) is 6.23. The summed E-state index contributed by atoms with van der Waals surface area (Å²) in [6, 6.07) is 7.97. The van der Waals surface area contributed by atoms with Crippen LogP contribution in [0.15, 0.2) is 24.3 Å². The first-order valence-electron chi connectivity index (χ1n) is 8.51. The molecular formula is C18H26N4O2. The number of nitrogens with zero attached hydrogens (tertiary/aromatic N) is 4. The lowest BCUT2D eigenvalue weighted by Crippen LogP contribution is -2.37. The highest BCUT2D eigenvalue weighted by Gasteiger charge is 2.27. The molecule has 0 aliphatic carbocycles. The Morgan fingerprint density at radius 1 is 1.25 bits per heavy atom. The number of benzene rings is 1. The van der Waals surface area contributed by atoms with Crippen LogP contribution in [0.1, 0.15) is 30.4 Å². The molecule has 2 aromatic rings. The van der Waals surface area contributed by atoms with Gasteiger partial charge in [-0.15, -0.1) is 0 Å². The summed E-state index contributed by atoms with van der Waals surface area (Å²) in [7, 11) is 3.44. The smallest absolute Gasteiger partial charge is 0.148 e. The molecule has 1 aromatic carbocycles. The Hall–Kier alpha value is -1.92. The van der Waals surface area contributed by atoms with Crippen LogP contribution < -0.4 is 4.74 Å². The predicted octanol–water partition coefficient (Wildman–Crippen LogP) is 2.41. The molecule has 0 N–H and O–H groups in total. The van der Waals surface area contributed by atoms with Gasteiger partial charge in [0.15, 0.2) is 0 Å². The lowest BCUT2D eigenvalue weighted by atomic mass is 9.97. The van der Waals surface area contributed by atoms with Gasteiger partial charge in [-0.1, -0.05) is 12.1 Å². The zero-order valence-corrected chi connectivity index (χ0v) is 14.7. The van der Waals surface area contributed by atoms with Crippen molar-refractivity contribution in [2.24, 2.45) is 0 Å². The fraction of sp³-hybridized carbons (Fsp3) is 0.556. The minimum Gasteiger partial charge on any atom is -0.494 e. The second kappa shape index (κ2) is 7.77. The van der Waals surface area contributed by atoms with Crippen LogP contribution in [0.2, 0.25) is 0 Å². The van der Waals surface area contributed by atoms with E-state index in [-0.39, 0.29) is 0 Å². The quantitative estimate of drug-likeness (QED) is 0.814. The van der Waals surface area contributed by atoms with Crippen LogP contribution in [0.3, 0.4) is 0 Å². The predicted molar refractivity (Wildman–Crippen MR) is 92.9 cm³/mol. The molecule has 1 fully saturated rings. The molecule has 0 saturated carbocycles. The number of hydrogen-bond acceptors (Lipinski definition) is 5. The van der Waals surface area contributed by atoms with E-state index >= 15 is 0 Å². The van der Waals surface area contributed by atoms with Gasteiger partial charge in [-0.2, -0.15) is 5.10 Å². The maximum Gasteiger partial charge on any atom is 0.148 e. The van der Waals surface area contributed by atoms with Crippen molar-refractivity contribution in [2.75, 3.05) is 40.5 Å². The van der Waals surface area contributed by atoms with Crippen LogP contribution >= 0.6 is 0 Å². The van der Waals surface area contributed by atoms with Crippen molar-refractivity contribution in [3.05, 3.63) is 35.9 Å². The lowest BCUT2D eigenvalue weighted by molar-refractivity contribution is 0.126.